The van der Waals surface area contributed by atoms with Crippen molar-refractivity contribution in [2.45, 2.75) is 6.04 Å². The maximum atomic E-state index is 13.3. The van der Waals surface area contributed by atoms with E-state index in [2.05, 4.69) is 6.58 Å². The molecule has 4 rings (SSSR count). The van der Waals surface area contributed by atoms with Gasteiger partial charge in [0, 0.05) is 11.1 Å². The lowest BCUT2D eigenvalue weighted by Crippen LogP contribution is -2.18. The molecule has 4 aromatic rings. The average Bonchev–Trinajstić information content (AvgIpc) is 2.90. The van der Waals surface area contributed by atoms with E-state index in [4.69, 9.17) is 9.73 Å². The van der Waals surface area contributed by atoms with Crippen molar-refractivity contribution < 1.29 is 9.53 Å². The van der Waals surface area contributed by atoms with Crippen molar-refractivity contribution in [3.8, 4) is 0 Å². The molecule has 3 heteroatoms. The molecule has 0 fully saturated rings. The van der Waals surface area contributed by atoms with Crippen molar-refractivity contribution in [1.82, 2.24) is 0 Å². The Bertz CT molecular complexity index is 1180. The maximum Gasteiger partial charge on any atom is 0.335 e. The van der Waals surface area contributed by atoms with E-state index in [9.17, 15) is 4.79 Å². The molecule has 162 valence electrons. The Kier molecular flexibility index (Phi) is 7.24. The second kappa shape index (κ2) is 10.9. The van der Waals surface area contributed by atoms with E-state index in [1.165, 1.54) is 0 Å². The predicted octanol–water partition coefficient (Wildman–Crippen LogP) is 6.52. The molecule has 3 nitrogen and oxygen atoms in total. The fraction of sp³-hybridized carbons (Fsp3) is 0.0667. The molecule has 0 N–H and O–H groups in total. The van der Waals surface area contributed by atoms with Crippen LogP contribution >= 0.6 is 0 Å². The standard InChI is InChI=1S/C30H25NO2/c1-23(24-14-6-2-7-15-24)22-33-30(32)29(27-20-12-5-13-21-27)31-28(25-16-8-3-9-17-25)26-18-10-4-11-19-26/h2-21,29H,1,22H2. The predicted molar refractivity (Wildman–Crippen MR) is 134 cm³/mol. The zero-order valence-corrected chi connectivity index (χ0v) is 18.3. The van der Waals surface area contributed by atoms with Gasteiger partial charge < -0.3 is 4.74 Å². The molecule has 1 atom stereocenters. The van der Waals surface area contributed by atoms with Crippen LogP contribution in [0.5, 0.6) is 0 Å². The Labute approximate surface area is 194 Å². The number of rotatable bonds is 8. The van der Waals surface area contributed by atoms with Gasteiger partial charge in [-0.15, -0.1) is 0 Å². The van der Waals surface area contributed by atoms with E-state index in [0.29, 0.717) is 0 Å². The van der Waals surface area contributed by atoms with Crippen LogP contribution in [-0.2, 0) is 9.53 Å². The molecule has 0 aliphatic rings. The number of ether oxygens (including phenoxy) is 1. The fourth-order valence-corrected chi connectivity index (χ4v) is 3.53. The van der Waals surface area contributed by atoms with Crippen LogP contribution in [0.4, 0.5) is 0 Å². The van der Waals surface area contributed by atoms with E-state index in [1.54, 1.807) is 0 Å². The Hall–Kier alpha value is -4.24. The number of esters is 1. The number of nitrogens with zero attached hydrogens (tertiary/aromatic N) is 1. The van der Waals surface area contributed by atoms with Gasteiger partial charge in [-0.25, -0.2) is 4.79 Å². The molecule has 4 aromatic carbocycles. The first kappa shape index (κ1) is 22.0. The molecule has 0 amide bonds. The second-order valence-electron chi connectivity index (χ2n) is 7.60. The molecular formula is C30H25NO2. The highest BCUT2D eigenvalue weighted by molar-refractivity contribution is 6.13. The quantitative estimate of drug-likeness (QED) is 0.235. The Balaban J connectivity index is 1.68. The molecule has 0 saturated heterocycles. The largest absolute Gasteiger partial charge is 0.459 e. The van der Waals surface area contributed by atoms with Crippen molar-refractivity contribution in [3.63, 3.8) is 0 Å². The molecule has 33 heavy (non-hydrogen) atoms. The number of carbonyl (C=O) groups is 1. The summed E-state index contributed by atoms with van der Waals surface area (Å²) in [5, 5.41) is 0. The van der Waals surface area contributed by atoms with Crippen molar-refractivity contribution >= 4 is 17.3 Å². The van der Waals surface area contributed by atoms with Crippen molar-refractivity contribution in [2.75, 3.05) is 6.61 Å². The van der Waals surface area contributed by atoms with Gasteiger partial charge in [-0.2, -0.15) is 0 Å². The minimum Gasteiger partial charge on any atom is -0.459 e. The van der Waals surface area contributed by atoms with Crippen molar-refractivity contribution in [2.24, 2.45) is 4.99 Å². The van der Waals surface area contributed by atoms with Crippen LogP contribution in [0.2, 0.25) is 0 Å². The van der Waals surface area contributed by atoms with Gasteiger partial charge in [0.05, 0.1) is 5.71 Å². The van der Waals surface area contributed by atoms with Crippen LogP contribution < -0.4 is 0 Å². The van der Waals surface area contributed by atoms with Crippen molar-refractivity contribution in [3.05, 3.63) is 150 Å². The topological polar surface area (TPSA) is 38.7 Å². The van der Waals surface area contributed by atoms with E-state index in [-0.39, 0.29) is 6.61 Å². The third-order valence-electron chi connectivity index (χ3n) is 5.26. The molecule has 0 bridgehead atoms. The van der Waals surface area contributed by atoms with Gasteiger partial charge >= 0.3 is 5.97 Å². The molecular weight excluding hydrogens is 406 g/mol. The van der Waals surface area contributed by atoms with Crippen LogP contribution in [0.1, 0.15) is 28.3 Å². The summed E-state index contributed by atoms with van der Waals surface area (Å²) in [4.78, 5) is 18.3. The summed E-state index contributed by atoms with van der Waals surface area (Å²) in [6.07, 6.45) is 0. The normalized spacial score (nSPS) is 11.3. The number of benzene rings is 4. The Morgan fingerprint density at radius 2 is 1.09 bits per heavy atom. The molecule has 0 radical (unpaired) electrons. The lowest BCUT2D eigenvalue weighted by atomic mass is 10.0. The Morgan fingerprint density at radius 3 is 1.58 bits per heavy atom. The number of aliphatic imine (C=N–C) groups is 1. The lowest BCUT2D eigenvalue weighted by molar-refractivity contribution is -0.143. The fourth-order valence-electron chi connectivity index (χ4n) is 3.53. The summed E-state index contributed by atoms with van der Waals surface area (Å²) < 4.78 is 5.70. The zero-order chi connectivity index (χ0) is 22.9. The van der Waals surface area contributed by atoms with E-state index in [1.807, 2.05) is 121 Å². The van der Waals surface area contributed by atoms with Gasteiger partial charge in [-0.3, -0.25) is 4.99 Å². The molecule has 0 saturated carbocycles. The summed E-state index contributed by atoms with van der Waals surface area (Å²) in [5.74, 6) is -0.414. The monoisotopic (exact) mass is 431 g/mol. The van der Waals surface area contributed by atoms with Gasteiger partial charge in [-0.05, 0) is 16.7 Å². The van der Waals surface area contributed by atoms with Crippen LogP contribution in [0.3, 0.4) is 0 Å². The van der Waals surface area contributed by atoms with E-state index >= 15 is 0 Å². The minimum atomic E-state index is -0.801. The minimum absolute atomic E-state index is 0.105. The van der Waals surface area contributed by atoms with Gasteiger partial charge in [0.2, 0.25) is 0 Å². The van der Waals surface area contributed by atoms with Gasteiger partial charge in [0.25, 0.3) is 0 Å². The smallest absolute Gasteiger partial charge is 0.335 e. The molecule has 0 spiro atoms. The second-order valence-corrected chi connectivity index (χ2v) is 7.60. The number of hydrogen-bond acceptors (Lipinski definition) is 3. The van der Waals surface area contributed by atoms with Gasteiger partial charge in [-0.1, -0.05) is 128 Å². The Morgan fingerprint density at radius 1 is 0.667 bits per heavy atom. The van der Waals surface area contributed by atoms with Gasteiger partial charge in [0.15, 0.2) is 6.04 Å². The molecule has 0 heterocycles. The molecule has 1 unspecified atom stereocenters. The summed E-state index contributed by atoms with van der Waals surface area (Å²) in [6.45, 7) is 4.18. The SMILES string of the molecule is C=C(COC(=O)C(N=C(c1ccccc1)c1ccccc1)c1ccccc1)c1ccccc1. The summed E-state index contributed by atoms with van der Waals surface area (Å²) >= 11 is 0. The number of carbonyl (C=O) groups excluding carboxylic acids is 1. The van der Waals surface area contributed by atoms with E-state index in [0.717, 1.165) is 33.5 Å². The highest BCUT2D eigenvalue weighted by Crippen LogP contribution is 2.24. The van der Waals surface area contributed by atoms with Crippen molar-refractivity contribution in [1.29, 1.82) is 0 Å². The van der Waals surface area contributed by atoms with Crippen LogP contribution in [0, 0.1) is 0 Å². The summed E-state index contributed by atoms with van der Waals surface area (Å²) in [7, 11) is 0. The summed E-state index contributed by atoms with van der Waals surface area (Å²) in [5.41, 5.74) is 5.07. The van der Waals surface area contributed by atoms with Crippen LogP contribution in [0.15, 0.2) is 133 Å². The lowest BCUT2D eigenvalue weighted by Gasteiger charge is -2.16. The molecule has 0 aliphatic carbocycles. The maximum absolute atomic E-state index is 13.3. The average molecular weight is 432 g/mol. The van der Waals surface area contributed by atoms with Crippen LogP contribution in [-0.4, -0.2) is 18.3 Å². The molecule has 0 aliphatic heterocycles. The first-order valence-electron chi connectivity index (χ1n) is 10.9. The zero-order valence-electron chi connectivity index (χ0n) is 18.3. The highest BCUT2D eigenvalue weighted by Gasteiger charge is 2.23. The number of hydrogen-bond donors (Lipinski definition) is 0. The van der Waals surface area contributed by atoms with E-state index < -0.39 is 12.0 Å². The first-order chi connectivity index (χ1) is 16.2. The van der Waals surface area contributed by atoms with Crippen LogP contribution in [0.25, 0.3) is 5.57 Å². The third-order valence-corrected chi connectivity index (χ3v) is 5.26. The first-order valence-corrected chi connectivity index (χ1v) is 10.9. The summed E-state index contributed by atoms with van der Waals surface area (Å²) in [6, 6.07) is 38.2. The highest BCUT2D eigenvalue weighted by atomic mass is 16.5. The third kappa shape index (κ3) is 5.72. The molecule has 0 aromatic heterocycles. The van der Waals surface area contributed by atoms with Gasteiger partial charge in [0.1, 0.15) is 6.61 Å².